The average Bonchev–Trinajstić information content (AvgIpc) is 2.72. The lowest BCUT2D eigenvalue weighted by atomic mass is 10.3. The summed E-state index contributed by atoms with van der Waals surface area (Å²) in [6.07, 6.45) is 1.52. The molecule has 5 nitrogen and oxygen atoms in total. The fraction of sp³-hybridized carbons (Fsp3) is 0.583. The predicted octanol–water partition coefficient (Wildman–Crippen LogP) is 1.03. The largest absolute Gasteiger partial charge is 0.356 e. The van der Waals surface area contributed by atoms with Crippen LogP contribution in [0, 0.1) is 6.92 Å². The third-order valence-corrected chi connectivity index (χ3v) is 3.08. The van der Waals surface area contributed by atoms with Crippen LogP contribution in [0.2, 0.25) is 0 Å². The van der Waals surface area contributed by atoms with Gasteiger partial charge >= 0.3 is 0 Å². The normalized spacial score (nSPS) is 10.1. The molecule has 0 atom stereocenters. The molecule has 0 spiro atoms. The molecule has 1 heterocycles. The molecule has 1 aromatic heterocycles. The average molecular weight is 269 g/mol. The Morgan fingerprint density at radius 1 is 1.28 bits per heavy atom. The third-order valence-electron chi connectivity index (χ3n) is 2.25. The van der Waals surface area contributed by atoms with E-state index in [4.69, 9.17) is 0 Å². The lowest BCUT2D eigenvalue weighted by Crippen LogP contribution is -2.31. The van der Waals surface area contributed by atoms with Crippen molar-refractivity contribution >= 4 is 23.2 Å². The molecule has 0 radical (unpaired) electrons. The first-order valence-corrected chi connectivity index (χ1v) is 6.94. The summed E-state index contributed by atoms with van der Waals surface area (Å²) in [4.78, 5) is 27.0. The van der Waals surface area contributed by atoms with E-state index in [1.165, 1.54) is 11.3 Å². The smallest absolute Gasteiger partial charge is 0.226 e. The molecule has 0 aliphatic heterocycles. The van der Waals surface area contributed by atoms with E-state index in [2.05, 4.69) is 15.6 Å². The second kappa shape index (κ2) is 7.81. The summed E-state index contributed by atoms with van der Waals surface area (Å²) in [6.45, 7) is 4.96. The zero-order valence-electron chi connectivity index (χ0n) is 10.8. The van der Waals surface area contributed by atoms with Gasteiger partial charge in [-0.3, -0.25) is 9.59 Å². The molecule has 0 saturated carbocycles. The maximum absolute atomic E-state index is 11.5. The number of nitrogens with zero attached hydrogens (tertiary/aromatic N) is 1. The highest BCUT2D eigenvalue weighted by Gasteiger charge is 2.06. The minimum atomic E-state index is -0.0939. The zero-order valence-corrected chi connectivity index (χ0v) is 11.6. The molecular weight excluding hydrogens is 250 g/mol. The van der Waals surface area contributed by atoms with Crippen LogP contribution in [-0.4, -0.2) is 29.9 Å². The zero-order chi connectivity index (χ0) is 13.4. The van der Waals surface area contributed by atoms with Crippen molar-refractivity contribution in [3.05, 3.63) is 16.1 Å². The van der Waals surface area contributed by atoms with E-state index in [9.17, 15) is 9.59 Å². The van der Waals surface area contributed by atoms with Crippen LogP contribution in [0.25, 0.3) is 0 Å². The summed E-state index contributed by atoms with van der Waals surface area (Å²) in [5.41, 5.74) is 0.783. The van der Waals surface area contributed by atoms with E-state index < -0.39 is 0 Å². The van der Waals surface area contributed by atoms with Crippen molar-refractivity contribution in [2.45, 2.75) is 33.1 Å². The predicted molar refractivity (Wildman–Crippen MR) is 71.5 cm³/mol. The number of carbonyl (C=O) groups excluding carboxylic acids is 2. The van der Waals surface area contributed by atoms with Gasteiger partial charge in [-0.15, -0.1) is 11.3 Å². The Bertz CT molecular complexity index is 404. The Labute approximate surface area is 111 Å². The highest BCUT2D eigenvalue weighted by molar-refractivity contribution is 7.09. The van der Waals surface area contributed by atoms with Gasteiger partial charge in [-0.1, -0.05) is 6.92 Å². The lowest BCUT2D eigenvalue weighted by molar-refractivity contribution is -0.122. The van der Waals surface area contributed by atoms with Crippen LogP contribution in [-0.2, 0) is 16.0 Å². The van der Waals surface area contributed by atoms with Crippen LogP contribution in [0.5, 0.6) is 0 Å². The first-order valence-electron chi connectivity index (χ1n) is 6.06. The fourth-order valence-electron chi connectivity index (χ4n) is 1.38. The molecule has 0 aromatic carbocycles. The molecule has 0 unspecified atom stereocenters. The summed E-state index contributed by atoms with van der Waals surface area (Å²) < 4.78 is 0. The van der Waals surface area contributed by atoms with Crippen LogP contribution >= 0.6 is 11.3 Å². The van der Waals surface area contributed by atoms with Crippen LogP contribution < -0.4 is 10.6 Å². The van der Waals surface area contributed by atoms with Gasteiger partial charge in [-0.25, -0.2) is 4.98 Å². The Hall–Kier alpha value is -1.43. The molecule has 1 rings (SSSR count). The molecule has 1 aromatic rings. The number of aryl methyl sites for hydroxylation is 1. The van der Waals surface area contributed by atoms with Gasteiger partial charge in [0.1, 0.15) is 0 Å². The molecule has 18 heavy (non-hydrogen) atoms. The molecule has 0 fully saturated rings. The molecule has 0 saturated heterocycles. The van der Waals surface area contributed by atoms with E-state index in [1.54, 1.807) is 0 Å². The van der Waals surface area contributed by atoms with Crippen LogP contribution in [0.3, 0.4) is 0 Å². The summed E-state index contributed by atoms with van der Waals surface area (Å²) in [5, 5.41) is 8.30. The summed E-state index contributed by atoms with van der Waals surface area (Å²) in [5.74, 6) is -0.120. The molecule has 6 heteroatoms. The maximum atomic E-state index is 11.5. The van der Waals surface area contributed by atoms with Crippen molar-refractivity contribution in [1.82, 2.24) is 15.6 Å². The number of carbonyl (C=O) groups is 2. The molecule has 0 aliphatic carbocycles. The van der Waals surface area contributed by atoms with E-state index in [0.29, 0.717) is 19.5 Å². The van der Waals surface area contributed by atoms with Gasteiger partial charge in [0.15, 0.2) is 0 Å². The minimum absolute atomic E-state index is 0.0262. The number of aromatic nitrogens is 1. The Morgan fingerprint density at radius 3 is 2.61 bits per heavy atom. The van der Waals surface area contributed by atoms with Gasteiger partial charge in [-0.2, -0.15) is 0 Å². The van der Waals surface area contributed by atoms with Crippen molar-refractivity contribution in [3.63, 3.8) is 0 Å². The summed E-state index contributed by atoms with van der Waals surface area (Å²) >= 11 is 1.53. The van der Waals surface area contributed by atoms with Gasteiger partial charge in [0.2, 0.25) is 11.8 Å². The maximum Gasteiger partial charge on any atom is 0.226 e. The number of rotatable bonds is 7. The topological polar surface area (TPSA) is 71.1 Å². The van der Waals surface area contributed by atoms with Gasteiger partial charge in [-0.05, 0) is 13.3 Å². The highest BCUT2D eigenvalue weighted by Crippen LogP contribution is 2.07. The molecule has 2 amide bonds. The van der Waals surface area contributed by atoms with Crippen LogP contribution in [0.15, 0.2) is 5.38 Å². The molecule has 0 bridgehead atoms. The van der Waals surface area contributed by atoms with Gasteiger partial charge < -0.3 is 10.6 Å². The molecular formula is C12H19N3O2S. The second-order valence-electron chi connectivity index (χ2n) is 3.98. The SMILES string of the molecule is CCCNC(=O)CCNC(=O)Cc1csc(C)n1. The number of amides is 2. The van der Waals surface area contributed by atoms with Crippen molar-refractivity contribution in [1.29, 1.82) is 0 Å². The van der Waals surface area contributed by atoms with Gasteiger partial charge in [0.05, 0.1) is 17.1 Å². The van der Waals surface area contributed by atoms with Gasteiger partial charge in [0, 0.05) is 24.9 Å². The number of nitrogens with one attached hydrogen (secondary N) is 2. The lowest BCUT2D eigenvalue weighted by Gasteiger charge is -2.05. The Balaban J connectivity index is 2.15. The minimum Gasteiger partial charge on any atom is -0.356 e. The van der Waals surface area contributed by atoms with Crippen molar-refractivity contribution in [2.75, 3.05) is 13.1 Å². The fourth-order valence-corrected chi connectivity index (χ4v) is 2.00. The third kappa shape index (κ3) is 5.77. The summed E-state index contributed by atoms with van der Waals surface area (Å²) in [6, 6.07) is 0. The van der Waals surface area contributed by atoms with E-state index >= 15 is 0 Å². The van der Waals surface area contributed by atoms with Gasteiger partial charge in [0.25, 0.3) is 0 Å². The van der Waals surface area contributed by atoms with Crippen molar-refractivity contribution < 1.29 is 9.59 Å². The molecule has 0 aliphatic rings. The van der Waals surface area contributed by atoms with Crippen LogP contribution in [0.1, 0.15) is 30.5 Å². The first-order chi connectivity index (χ1) is 8.61. The molecule has 100 valence electrons. The quantitative estimate of drug-likeness (QED) is 0.776. The number of thiazole rings is 1. The Kier molecular flexibility index (Phi) is 6.35. The molecule has 2 N–H and O–H groups in total. The number of hydrogen-bond acceptors (Lipinski definition) is 4. The first kappa shape index (κ1) is 14.6. The second-order valence-corrected chi connectivity index (χ2v) is 5.05. The van der Waals surface area contributed by atoms with Crippen molar-refractivity contribution in [3.8, 4) is 0 Å². The summed E-state index contributed by atoms with van der Waals surface area (Å²) in [7, 11) is 0. The highest BCUT2D eigenvalue weighted by atomic mass is 32.1. The standard InChI is InChI=1S/C12H19N3O2S/c1-3-5-13-11(16)4-6-14-12(17)7-10-8-18-9(2)15-10/h8H,3-7H2,1-2H3,(H,13,16)(H,14,17). The number of hydrogen-bond donors (Lipinski definition) is 2. The van der Waals surface area contributed by atoms with E-state index in [0.717, 1.165) is 17.1 Å². The van der Waals surface area contributed by atoms with Crippen LogP contribution in [0.4, 0.5) is 0 Å². The van der Waals surface area contributed by atoms with Crippen molar-refractivity contribution in [2.24, 2.45) is 0 Å². The Morgan fingerprint density at radius 2 is 2.00 bits per heavy atom. The van der Waals surface area contributed by atoms with E-state index in [1.807, 2.05) is 19.2 Å². The van der Waals surface area contributed by atoms with E-state index in [-0.39, 0.29) is 18.2 Å². The monoisotopic (exact) mass is 269 g/mol.